The number of benzene rings is 2. The van der Waals surface area contributed by atoms with E-state index >= 15 is 0 Å². The van der Waals surface area contributed by atoms with Gasteiger partial charge in [-0.3, -0.25) is 9.10 Å². The quantitative estimate of drug-likeness (QED) is 0.721. The highest BCUT2D eigenvalue weighted by Gasteiger charge is 2.27. The molecule has 2 aromatic rings. The number of sulfonamides is 1. The molecule has 1 atom stereocenters. The Morgan fingerprint density at radius 1 is 0.929 bits per heavy atom. The number of anilines is 1. The summed E-state index contributed by atoms with van der Waals surface area (Å²) in [6.07, 6.45) is 0. The van der Waals surface area contributed by atoms with Crippen molar-refractivity contribution < 1.29 is 13.2 Å². The van der Waals surface area contributed by atoms with Gasteiger partial charge in [0.2, 0.25) is 5.91 Å². The Kier molecular flexibility index (Phi) is 7.24. The van der Waals surface area contributed by atoms with Crippen LogP contribution >= 0.6 is 0 Å². The van der Waals surface area contributed by atoms with Crippen LogP contribution < -0.4 is 9.62 Å². The first-order valence-electron chi connectivity index (χ1n) is 9.60. The van der Waals surface area contributed by atoms with Crippen LogP contribution in [0.15, 0.2) is 59.5 Å². The molecule has 0 aliphatic rings. The molecule has 28 heavy (non-hydrogen) atoms. The summed E-state index contributed by atoms with van der Waals surface area (Å²) in [4.78, 5) is 12.7. The molecule has 0 fully saturated rings. The van der Waals surface area contributed by atoms with Crippen molar-refractivity contribution in [2.45, 2.75) is 51.5 Å². The van der Waals surface area contributed by atoms with Crippen LogP contribution in [0.25, 0.3) is 0 Å². The molecule has 6 heteroatoms. The SMILES string of the molecule is CC(C)c1ccc(N(CC(=O)NC(C)C(C)C)S(=O)(=O)c2ccccc2)cc1. The average molecular weight is 403 g/mol. The van der Waals surface area contributed by atoms with E-state index in [4.69, 9.17) is 0 Å². The zero-order valence-corrected chi connectivity index (χ0v) is 18.0. The third kappa shape index (κ3) is 5.35. The number of carbonyl (C=O) groups excluding carboxylic acids is 1. The number of rotatable bonds is 8. The molecular weight excluding hydrogens is 372 g/mol. The molecule has 2 aromatic carbocycles. The molecule has 1 unspecified atom stereocenters. The van der Waals surface area contributed by atoms with Crippen molar-refractivity contribution in [2.75, 3.05) is 10.8 Å². The normalized spacial score (nSPS) is 12.8. The molecule has 5 nitrogen and oxygen atoms in total. The highest BCUT2D eigenvalue weighted by atomic mass is 32.2. The Bertz CT molecular complexity index is 876. The minimum atomic E-state index is -3.87. The molecule has 2 rings (SSSR count). The lowest BCUT2D eigenvalue weighted by atomic mass is 10.0. The first kappa shape index (κ1) is 22.0. The topological polar surface area (TPSA) is 66.5 Å². The molecule has 1 N–H and O–H groups in total. The summed E-state index contributed by atoms with van der Waals surface area (Å²) in [7, 11) is -3.87. The van der Waals surface area contributed by atoms with Crippen molar-refractivity contribution in [2.24, 2.45) is 5.92 Å². The van der Waals surface area contributed by atoms with Crippen molar-refractivity contribution in [3.63, 3.8) is 0 Å². The fourth-order valence-electron chi connectivity index (χ4n) is 2.66. The molecule has 0 aliphatic carbocycles. The first-order chi connectivity index (χ1) is 13.1. The van der Waals surface area contributed by atoms with Crippen molar-refractivity contribution in [1.29, 1.82) is 0 Å². The molecule has 152 valence electrons. The molecule has 0 aromatic heterocycles. The maximum absolute atomic E-state index is 13.3. The average Bonchev–Trinajstić information content (AvgIpc) is 2.66. The molecule has 0 radical (unpaired) electrons. The van der Waals surface area contributed by atoms with E-state index in [0.29, 0.717) is 11.6 Å². The molecule has 0 heterocycles. The fourth-order valence-corrected chi connectivity index (χ4v) is 4.10. The van der Waals surface area contributed by atoms with Gasteiger partial charge in [-0.15, -0.1) is 0 Å². The number of nitrogens with one attached hydrogen (secondary N) is 1. The summed E-state index contributed by atoms with van der Waals surface area (Å²) in [6.45, 7) is 9.82. The summed E-state index contributed by atoms with van der Waals surface area (Å²) in [5.41, 5.74) is 1.58. The molecule has 0 bridgehead atoms. The van der Waals surface area contributed by atoms with Gasteiger partial charge in [0.05, 0.1) is 10.6 Å². The van der Waals surface area contributed by atoms with Crippen LogP contribution in [0.1, 0.15) is 46.1 Å². The fraction of sp³-hybridized carbons (Fsp3) is 0.409. The minimum Gasteiger partial charge on any atom is -0.352 e. The lowest BCUT2D eigenvalue weighted by molar-refractivity contribution is -0.120. The maximum Gasteiger partial charge on any atom is 0.264 e. The summed E-state index contributed by atoms with van der Waals surface area (Å²) < 4.78 is 27.7. The molecule has 0 aliphatic heterocycles. The van der Waals surface area contributed by atoms with Crippen LogP contribution in [0.4, 0.5) is 5.69 Å². The Balaban J connectivity index is 2.39. The summed E-state index contributed by atoms with van der Waals surface area (Å²) >= 11 is 0. The maximum atomic E-state index is 13.3. The largest absolute Gasteiger partial charge is 0.352 e. The zero-order valence-electron chi connectivity index (χ0n) is 17.2. The summed E-state index contributed by atoms with van der Waals surface area (Å²) in [5.74, 6) is 0.269. The number of hydrogen-bond acceptors (Lipinski definition) is 3. The van der Waals surface area contributed by atoms with Gasteiger partial charge in [-0.05, 0) is 48.6 Å². The number of amides is 1. The minimum absolute atomic E-state index is 0.0444. The number of nitrogens with zero attached hydrogens (tertiary/aromatic N) is 1. The second-order valence-electron chi connectivity index (χ2n) is 7.67. The van der Waals surface area contributed by atoms with E-state index < -0.39 is 10.0 Å². The number of hydrogen-bond donors (Lipinski definition) is 1. The van der Waals surface area contributed by atoms with Gasteiger partial charge in [-0.2, -0.15) is 0 Å². The van der Waals surface area contributed by atoms with E-state index in [2.05, 4.69) is 19.2 Å². The van der Waals surface area contributed by atoms with Crippen LogP contribution in [-0.4, -0.2) is 26.9 Å². The Morgan fingerprint density at radius 3 is 2.00 bits per heavy atom. The third-order valence-corrected chi connectivity index (χ3v) is 6.64. The lowest BCUT2D eigenvalue weighted by Gasteiger charge is -2.26. The molecular formula is C22H30N2O3S. The van der Waals surface area contributed by atoms with Crippen molar-refractivity contribution in [3.8, 4) is 0 Å². The lowest BCUT2D eigenvalue weighted by Crippen LogP contribution is -2.45. The van der Waals surface area contributed by atoms with E-state index in [1.165, 1.54) is 4.31 Å². The van der Waals surface area contributed by atoms with Gasteiger partial charge < -0.3 is 5.32 Å². The van der Waals surface area contributed by atoms with Crippen molar-refractivity contribution in [1.82, 2.24) is 5.32 Å². The monoisotopic (exact) mass is 402 g/mol. The van der Waals surface area contributed by atoms with Crippen LogP contribution in [-0.2, 0) is 14.8 Å². The van der Waals surface area contributed by atoms with Gasteiger partial charge in [-0.1, -0.05) is 58.0 Å². The molecule has 0 spiro atoms. The Morgan fingerprint density at radius 2 is 1.50 bits per heavy atom. The third-order valence-electron chi connectivity index (χ3n) is 4.85. The van der Waals surface area contributed by atoms with Crippen LogP contribution in [0, 0.1) is 5.92 Å². The van der Waals surface area contributed by atoms with E-state index in [0.717, 1.165) is 5.56 Å². The Labute approximate surface area is 168 Å². The van der Waals surface area contributed by atoms with E-state index in [1.54, 1.807) is 42.5 Å². The van der Waals surface area contributed by atoms with Gasteiger partial charge in [0.25, 0.3) is 10.0 Å². The smallest absolute Gasteiger partial charge is 0.264 e. The van der Waals surface area contributed by atoms with Crippen LogP contribution in [0.5, 0.6) is 0 Å². The van der Waals surface area contributed by atoms with E-state index in [-0.39, 0.29) is 29.3 Å². The molecule has 0 saturated carbocycles. The van der Waals surface area contributed by atoms with Crippen LogP contribution in [0.3, 0.4) is 0 Å². The number of carbonyl (C=O) groups is 1. The highest BCUT2D eigenvalue weighted by molar-refractivity contribution is 7.92. The second kappa shape index (κ2) is 9.24. The Hall–Kier alpha value is -2.34. The van der Waals surface area contributed by atoms with E-state index in [1.807, 2.05) is 32.9 Å². The van der Waals surface area contributed by atoms with Gasteiger partial charge in [0.15, 0.2) is 0 Å². The predicted molar refractivity (Wildman–Crippen MR) is 114 cm³/mol. The first-order valence-corrected chi connectivity index (χ1v) is 11.0. The second-order valence-corrected chi connectivity index (χ2v) is 9.53. The van der Waals surface area contributed by atoms with Gasteiger partial charge in [0, 0.05) is 6.04 Å². The molecule has 1 amide bonds. The van der Waals surface area contributed by atoms with Gasteiger partial charge in [0.1, 0.15) is 6.54 Å². The predicted octanol–water partition coefficient (Wildman–Crippen LogP) is 4.17. The zero-order chi connectivity index (χ0) is 20.9. The summed E-state index contributed by atoms with van der Waals surface area (Å²) in [5, 5.41) is 2.89. The van der Waals surface area contributed by atoms with Crippen molar-refractivity contribution in [3.05, 3.63) is 60.2 Å². The summed E-state index contributed by atoms with van der Waals surface area (Å²) in [6, 6.07) is 15.5. The highest BCUT2D eigenvalue weighted by Crippen LogP contribution is 2.25. The van der Waals surface area contributed by atoms with Gasteiger partial charge >= 0.3 is 0 Å². The van der Waals surface area contributed by atoms with Gasteiger partial charge in [-0.25, -0.2) is 8.42 Å². The standard InChI is InChI=1S/C22H30N2O3S/c1-16(2)18(5)23-22(25)15-24(20-13-11-19(12-14-20)17(3)4)28(26,27)21-9-7-6-8-10-21/h6-14,16-18H,15H2,1-5H3,(H,23,25). The van der Waals surface area contributed by atoms with Crippen molar-refractivity contribution >= 4 is 21.6 Å². The van der Waals surface area contributed by atoms with Crippen LogP contribution in [0.2, 0.25) is 0 Å². The van der Waals surface area contributed by atoms with E-state index in [9.17, 15) is 13.2 Å². The molecule has 0 saturated heterocycles.